The van der Waals surface area contributed by atoms with Crippen molar-refractivity contribution in [2.24, 2.45) is 16.0 Å². The lowest BCUT2D eigenvalue weighted by molar-refractivity contribution is 0.234. The second-order valence-corrected chi connectivity index (χ2v) is 8.82. The Hall–Kier alpha value is -2.13. The van der Waals surface area contributed by atoms with E-state index in [1.165, 1.54) is 22.5 Å². The Morgan fingerprint density at radius 2 is 2.28 bits per heavy atom. The highest BCUT2D eigenvalue weighted by molar-refractivity contribution is 9.10. The van der Waals surface area contributed by atoms with E-state index in [9.17, 15) is 18.0 Å². The van der Waals surface area contributed by atoms with Crippen LogP contribution >= 0.6 is 15.9 Å². The summed E-state index contributed by atoms with van der Waals surface area (Å²) in [7, 11) is -3.73. The number of piperidine rings is 1. The average molecular weight is 492 g/mol. The molecule has 0 saturated carbocycles. The maximum Gasteiger partial charge on any atom is 0.276 e. The molecule has 0 radical (unpaired) electrons. The number of nitrogens with two attached hydrogens (primary N) is 1. The molecular weight excluding hydrogens is 473 g/mol. The maximum absolute atomic E-state index is 13.4. The Morgan fingerprint density at radius 3 is 2.97 bits per heavy atom. The molecule has 1 saturated heterocycles. The van der Waals surface area contributed by atoms with Crippen molar-refractivity contribution >= 4 is 43.5 Å². The number of hydrogen-bond acceptors (Lipinski definition) is 8. The molecule has 1 atom stereocenters. The van der Waals surface area contributed by atoms with Crippen molar-refractivity contribution in [3.05, 3.63) is 34.2 Å². The minimum atomic E-state index is -3.73. The van der Waals surface area contributed by atoms with Crippen molar-refractivity contribution in [2.45, 2.75) is 12.8 Å². The number of nitrogens with one attached hydrogen (secondary N) is 2. The molecule has 3 rings (SSSR count). The van der Waals surface area contributed by atoms with Crippen molar-refractivity contribution in [1.82, 2.24) is 20.1 Å². The molecule has 11 nitrogen and oxygen atoms in total. The number of aliphatic imine (C=N–C) groups is 1. The van der Waals surface area contributed by atoms with Gasteiger partial charge in [-0.15, -0.1) is 0 Å². The third-order valence-corrected chi connectivity index (χ3v) is 6.02. The standard InChI is InChI=1S/C15H19BrFN7O4S/c16-11-6-10(3-4-12(11)17)20-15(21-25)13-14(23-28-22-13)19-7-9-2-1-5-24(8-9)29(18,26)27/h3-4,6,9,25H,1-2,5,7-8H2,(H,19,23)(H,20,21)(H2,18,26,27)/t9-/m0/s1. The van der Waals surface area contributed by atoms with Gasteiger partial charge in [0.2, 0.25) is 5.82 Å². The maximum atomic E-state index is 13.4. The molecule has 0 spiro atoms. The number of anilines is 1. The first-order valence-electron chi connectivity index (χ1n) is 8.56. The van der Waals surface area contributed by atoms with Crippen molar-refractivity contribution in [3.8, 4) is 0 Å². The second-order valence-electron chi connectivity index (χ2n) is 6.42. The number of aromatic nitrogens is 2. The van der Waals surface area contributed by atoms with Crippen molar-refractivity contribution < 1.29 is 22.6 Å². The monoisotopic (exact) mass is 491 g/mol. The molecule has 1 aromatic heterocycles. The van der Waals surface area contributed by atoms with Gasteiger partial charge in [0.25, 0.3) is 10.2 Å². The van der Waals surface area contributed by atoms with Gasteiger partial charge in [-0.05, 0) is 63.2 Å². The fraction of sp³-hybridized carbons (Fsp3) is 0.400. The summed E-state index contributed by atoms with van der Waals surface area (Å²) in [5, 5.41) is 25.2. The first kappa shape index (κ1) is 21.6. The highest BCUT2D eigenvalue weighted by Crippen LogP contribution is 2.24. The molecule has 1 aliphatic rings. The number of rotatable bonds is 6. The third-order valence-electron chi connectivity index (χ3n) is 4.36. The summed E-state index contributed by atoms with van der Waals surface area (Å²) in [6.07, 6.45) is 1.50. The van der Waals surface area contributed by atoms with Crippen LogP contribution < -0.4 is 15.9 Å². The summed E-state index contributed by atoms with van der Waals surface area (Å²) >= 11 is 3.07. The lowest BCUT2D eigenvalue weighted by atomic mass is 10.00. The van der Waals surface area contributed by atoms with Crippen LogP contribution in [-0.4, -0.2) is 53.7 Å². The molecule has 0 bridgehead atoms. The highest BCUT2D eigenvalue weighted by Gasteiger charge is 2.27. The fourth-order valence-electron chi connectivity index (χ4n) is 2.94. The molecule has 1 aromatic carbocycles. The van der Waals surface area contributed by atoms with E-state index in [2.05, 4.69) is 36.6 Å². The molecule has 2 heterocycles. The van der Waals surface area contributed by atoms with Gasteiger partial charge in [-0.25, -0.2) is 19.2 Å². The van der Waals surface area contributed by atoms with Gasteiger partial charge in [0.05, 0.1) is 10.2 Å². The smallest absolute Gasteiger partial charge is 0.276 e. The van der Waals surface area contributed by atoms with Gasteiger partial charge in [-0.1, -0.05) is 0 Å². The predicted molar refractivity (Wildman–Crippen MR) is 105 cm³/mol. The predicted octanol–water partition coefficient (Wildman–Crippen LogP) is 1.36. The van der Waals surface area contributed by atoms with Crippen LogP contribution in [0, 0.1) is 11.7 Å². The zero-order valence-electron chi connectivity index (χ0n) is 15.0. The van der Waals surface area contributed by atoms with Crippen LogP contribution in [-0.2, 0) is 10.2 Å². The van der Waals surface area contributed by atoms with Gasteiger partial charge in [0, 0.05) is 19.6 Å². The molecular formula is C15H19BrFN7O4S. The molecule has 2 aromatic rings. The number of hydrogen-bond donors (Lipinski definition) is 4. The van der Waals surface area contributed by atoms with Gasteiger partial charge in [0.1, 0.15) is 5.82 Å². The highest BCUT2D eigenvalue weighted by atomic mass is 79.9. The van der Waals surface area contributed by atoms with E-state index < -0.39 is 16.0 Å². The number of nitrogens with zero attached hydrogens (tertiary/aromatic N) is 4. The quantitative estimate of drug-likeness (QED) is 0.267. The first-order chi connectivity index (χ1) is 13.8. The summed E-state index contributed by atoms with van der Waals surface area (Å²) in [4.78, 5) is 4.17. The van der Waals surface area contributed by atoms with Crippen LogP contribution in [0.2, 0.25) is 0 Å². The van der Waals surface area contributed by atoms with E-state index in [1.807, 2.05) is 5.48 Å². The molecule has 14 heteroatoms. The Balaban J connectivity index is 1.72. The SMILES string of the molecule is NS(=O)(=O)N1CCC[C@@H](CNc2nonc2C(=Nc2ccc(F)c(Br)c2)NO)C1. The minimum absolute atomic E-state index is 0.00199. The van der Waals surface area contributed by atoms with E-state index >= 15 is 0 Å². The number of amidine groups is 1. The van der Waals surface area contributed by atoms with Crippen LogP contribution in [0.5, 0.6) is 0 Å². The fourth-order valence-corrected chi connectivity index (χ4v) is 4.11. The van der Waals surface area contributed by atoms with Gasteiger partial charge >= 0.3 is 0 Å². The van der Waals surface area contributed by atoms with Gasteiger partial charge in [-0.3, -0.25) is 10.7 Å². The lowest BCUT2D eigenvalue weighted by Crippen LogP contribution is -2.44. The van der Waals surface area contributed by atoms with Crippen LogP contribution in [0.1, 0.15) is 18.5 Å². The Kier molecular flexibility index (Phi) is 6.79. The Labute approximate surface area is 174 Å². The third kappa shape index (κ3) is 5.48. The molecule has 1 fully saturated rings. The Bertz CT molecular complexity index is 1000. The number of hydroxylamine groups is 1. The summed E-state index contributed by atoms with van der Waals surface area (Å²) in [5.41, 5.74) is 2.38. The Morgan fingerprint density at radius 1 is 1.48 bits per heavy atom. The minimum Gasteiger partial charge on any atom is -0.365 e. The van der Waals surface area contributed by atoms with E-state index in [0.29, 0.717) is 25.2 Å². The second kappa shape index (κ2) is 9.13. The van der Waals surface area contributed by atoms with E-state index in [4.69, 9.17) is 9.77 Å². The van der Waals surface area contributed by atoms with E-state index in [-0.39, 0.29) is 34.3 Å². The summed E-state index contributed by atoms with van der Waals surface area (Å²) < 4.78 is 42.6. The summed E-state index contributed by atoms with van der Waals surface area (Å²) in [6, 6.07) is 4.07. The molecule has 29 heavy (non-hydrogen) atoms. The molecule has 0 unspecified atom stereocenters. The van der Waals surface area contributed by atoms with Crippen LogP contribution in [0.15, 0.2) is 32.3 Å². The van der Waals surface area contributed by atoms with Crippen molar-refractivity contribution in [3.63, 3.8) is 0 Å². The molecule has 158 valence electrons. The van der Waals surface area contributed by atoms with Gasteiger partial charge in [-0.2, -0.15) is 12.7 Å². The van der Waals surface area contributed by atoms with Crippen LogP contribution in [0.25, 0.3) is 0 Å². The van der Waals surface area contributed by atoms with E-state index in [1.54, 1.807) is 0 Å². The molecule has 5 N–H and O–H groups in total. The largest absolute Gasteiger partial charge is 0.365 e. The zero-order chi connectivity index (χ0) is 21.0. The van der Waals surface area contributed by atoms with Gasteiger partial charge < -0.3 is 5.32 Å². The van der Waals surface area contributed by atoms with Crippen LogP contribution in [0.3, 0.4) is 0 Å². The summed E-state index contributed by atoms with van der Waals surface area (Å²) in [5.74, 6) is -0.308. The number of halogens is 2. The number of benzene rings is 1. The molecule has 0 aliphatic carbocycles. The average Bonchev–Trinajstić information content (AvgIpc) is 3.15. The van der Waals surface area contributed by atoms with E-state index in [0.717, 1.165) is 6.42 Å². The lowest BCUT2D eigenvalue weighted by Gasteiger charge is -2.30. The van der Waals surface area contributed by atoms with Crippen molar-refractivity contribution in [1.29, 1.82) is 0 Å². The molecule has 1 aliphatic heterocycles. The first-order valence-corrected chi connectivity index (χ1v) is 10.9. The zero-order valence-corrected chi connectivity index (χ0v) is 17.4. The van der Waals surface area contributed by atoms with Crippen molar-refractivity contribution in [2.75, 3.05) is 25.0 Å². The normalized spacial score (nSPS) is 18.6. The molecule has 0 amide bonds. The van der Waals surface area contributed by atoms with Gasteiger partial charge in [0.15, 0.2) is 11.5 Å². The summed E-state index contributed by atoms with van der Waals surface area (Å²) in [6.45, 7) is 1.06. The topological polar surface area (TPSA) is 159 Å². The van der Waals surface area contributed by atoms with Crippen LogP contribution in [0.4, 0.5) is 15.9 Å².